The van der Waals surface area contributed by atoms with Crippen molar-refractivity contribution in [3.8, 4) is 0 Å². The smallest absolute Gasteiger partial charge is 0.241 e. The molecule has 1 heterocycles. The summed E-state index contributed by atoms with van der Waals surface area (Å²) in [5, 5.41) is 0.627. The molecule has 0 bridgehead atoms. The van der Waals surface area contributed by atoms with E-state index in [4.69, 9.17) is 5.73 Å². The summed E-state index contributed by atoms with van der Waals surface area (Å²) in [5.74, 6) is 0. The fourth-order valence-corrected chi connectivity index (χ4v) is 3.79. The maximum Gasteiger partial charge on any atom is 0.241 e. The standard InChI is InChI=1S/C14H17N3O2S.ClH/c15-14(7-3-8-14)10-17-20(18,19)13-6-1-5-12-11(13)4-2-9-16-12;/h1-2,4-6,9,17H,3,7-8,10,15H2;1H. The Balaban J connectivity index is 0.00000161. The molecule has 114 valence electrons. The molecular formula is C14H18ClN3O2S. The number of benzene rings is 1. The number of halogens is 1. The van der Waals surface area contributed by atoms with Crippen molar-refractivity contribution in [2.24, 2.45) is 5.73 Å². The topological polar surface area (TPSA) is 85.1 Å². The Hall–Kier alpha value is -1.21. The van der Waals surface area contributed by atoms with E-state index in [1.165, 1.54) is 0 Å². The van der Waals surface area contributed by atoms with Gasteiger partial charge in [-0.15, -0.1) is 12.4 Å². The van der Waals surface area contributed by atoms with E-state index in [1.54, 1.807) is 36.5 Å². The number of rotatable bonds is 4. The van der Waals surface area contributed by atoms with Gasteiger partial charge in [0, 0.05) is 23.7 Å². The molecule has 1 aliphatic rings. The van der Waals surface area contributed by atoms with Gasteiger partial charge in [0.05, 0.1) is 10.4 Å². The maximum atomic E-state index is 12.4. The molecule has 1 aromatic carbocycles. The molecule has 0 amide bonds. The summed E-state index contributed by atoms with van der Waals surface area (Å²) in [5.41, 5.74) is 6.35. The van der Waals surface area contributed by atoms with Gasteiger partial charge in [-0.25, -0.2) is 13.1 Å². The zero-order valence-corrected chi connectivity index (χ0v) is 13.1. The Morgan fingerprint density at radius 1 is 1.24 bits per heavy atom. The second kappa shape index (κ2) is 5.88. The van der Waals surface area contributed by atoms with E-state index in [1.807, 2.05) is 0 Å². The number of nitrogens with zero attached hydrogens (tertiary/aromatic N) is 1. The van der Waals surface area contributed by atoms with Gasteiger partial charge >= 0.3 is 0 Å². The van der Waals surface area contributed by atoms with Crippen LogP contribution in [0.15, 0.2) is 41.4 Å². The fraction of sp³-hybridized carbons (Fsp3) is 0.357. The van der Waals surface area contributed by atoms with Gasteiger partial charge in [-0.2, -0.15) is 0 Å². The van der Waals surface area contributed by atoms with E-state index in [2.05, 4.69) is 9.71 Å². The van der Waals surface area contributed by atoms with Gasteiger partial charge in [-0.05, 0) is 43.5 Å². The van der Waals surface area contributed by atoms with E-state index in [-0.39, 0.29) is 29.4 Å². The Morgan fingerprint density at radius 2 is 2.00 bits per heavy atom. The van der Waals surface area contributed by atoms with Crippen LogP contribution in [0.25, 0.3) is 10.9 Å². The lowest BCUT2D eigenvalue weighted by Crippen LogP contribution is -2.54. The van der Waals surface area contributed by atoms with Crippen LogP contribution >= 0.6 is 12.4 Å². The molecule has 0 unspecified atom stereocenters. The quantitative estimate of drug-likeness (QED) is 0.897. The number of hydrogen-bond acceptors (Lipinski definition) is 4. The molecule has 1 fully saturated rings. The molecule has 5 nitrogen and oxygen atoms in total. The van der Waals surface area contributed by atoms with Crippen LogP contribution < -0.4 is 10.5 Å². The highest BCUT2D eigenvalue weighted by atomic mass is 35.5. The van der Waals surface area contributed by atoms with Gasteiger partial charge in [0.1, 0.15) is 0 Å². The Bertz CT molecular complexity index is 739. The number of aromatic nitrogens is 1. The van der Waals surface area contributed by atoms with E-state index in [0.29, 0.717) is 10.9 Å². The van der Waals surface area contributed by atoms with Gasteiger partial charge in [0.2, 0.25) is 10.0 Å². The molecule has 0 radical (unpaired) electrons. The number of fused-ring (bicyclic) bond motifs is 1. The molecule has 3 N–H and O–H groups in total. The first-order valence-electron chi connectivity index (χ1n) is 6.63. The number of hydrogen-bond donors (Lipinski definition) is 2. The molecule has 1 saturated carbocycles. The molecule has 2 aromatic rings. The zero-order chi connectivity index (χ0) is 14.2. The van der Waals surface area contributed by atoms with Crippen LogP contribution in [0.2, 0.25) is 0 Å². The highest BCUT2D eigenvalue weighted by Gasteiger charge is 2.33. The maximum absolute atomic E-state index is 12.4. The van der Waals surface area contributed by atoms with E-state index >= 15 is 0 Å². The minimum absolute atomic E-state index is 0. The van der Waals surface area contributed by atoms with Crippen molar-refractivity contribution < 1.29 is 8.42 Å². The van der Waals surface area contributed by atoms with Gasteiger partial charge in [0.15, 0.2) is 0 Å². The van der Waals surface area contributed by atoms with Crippen LogP contribution in [0.1, 0.15) is 19.3 Å². The Labute approximate surface area is 130 Å². The third-order valence-corrected chi connectivity index (χ3v) is 5.32. The van der Waals surface area contributed by atoms with Crippen LogP contribution in [0, 0.1) is 0 Å². The molecule has 1 aliphatic carbocycles. The molecular weight excluding hydrogens is 310 g/mol. The fourth-order valence-electron chi connectivity index (χ4n) is 2.43. The lowest BCUT2D eigenvalue weighted by Gasteiger charge is -2.38. The summed E-state index contributed by atoms with van der Waals surface area (Å²) in [4.78, 5) is 4.43. The summed E-state index contributed by atoms with van der Waals surface area (Å²) >= 11 is 0. The largest absolute Gasteiger partial charge is 0.324 e. The SMILES string of the molecule is Cl.NC1(CNS(=O)(=O)c2cccc3ncccc23)CCC1. The molecule has 21 heavy (non-hydrogen) atoms. The summed E-state index contributed by atoms with van der Waals surface area (Å²) in [6, 6.07) is 8.59. The third kappa shape index (κ3) is 3.18. The zero-order valence-electron chi connectivity index (χ0n) is 11.5. The molecule has 0 saturated heterocycles. The van der Waals surface area contributed by atoms with E-state index in [9.17, 15) is 8.42 Å². The van der Waals surface area contributed by atoms with Crippen molar-refractivity contribution in [2.45, 2.75) is 29.7 Å². The molecule has 0 aliphatic heterocycles. The summed E-state index contributed by atoms with van der Waals surface area (Å²) in [6.45, 7) is 0.284. The van der Waals surface area contributed by atoms with Gasteiger partial charge < -0.3 is 5.73 Å². The van der Waals surface area contributed by atoms with E-state index < -0.39 is 10.0 Å². The van der Waals surface area contributed by atoms with Crippen molar-refractivity contribution in [1.82, 2.24) is 9.71 Å². The number of nitrogens with two attached hydrogens (primary N) is 1. The molecule has 0 spiro atoms. The molecule has 3 rings (SSSR count). The normalized spacial score (nSPS) is 17.0. The van der Waals surface area contributed by atoms with Crippen molar-refractivity contribution in [3.05, 3.63) is 36.5 Å². The van der Waals surface area contributed by atoms with Gasteiger partial charge in [-0.1, -0.05) is 6.07 Å². The first-order chi connectivity index (χ1) is 9.50. The van der Waals surface area contributed by atoms with Crippen LogP contribution in [-0.4, -0.2) is 25.5 Å². The Kier molecular flexibility index (Phi) is 4.53. The first-order valence-corrected chi connectivity index (χ1v) is 8.11. The van der Waals surface area contributed by atoms with Crippen molar-refractivity contribution in [3.63, 3.8) is 0 Å². The summed E-state index contributed by atoms with van der Waals surface area (Å²) in [6.07, 6.45) is 4.45. The minimum Gasteiger partial charge on any atom is -0.324 e. The van der Waals surface area contributed by atoms with Gasteiger partial charge in [0.25, 0.3) is 0 Å². The van der Waals surface area contributed by atoms with E-state index in [0.717, 1.165) is 19.3 Å². The average molecular weight is 328 g/mol. The van der Waals surface area contributed by atoms with Crippen molar-refractivity contribution >= 4 is 33.3 Å². The monoisotopic (exact) mass is 327 g/mol. The predicted molar refractivity (Wildman–Crippen MR) is 84.9 cm³/mol. The third-order valence-electron chi connectivity index (χ3n) is 3.86. The lowest BCUT2D eigenvalue weighted by atomic mass is 9.78. The van der Waals surface area contributed by atoms with Crippen molar-refractivity contribution in [1.29, 1.82) is 0 Å². The number of sulfonamides is 1. The van der Waals surface area contributed by atoms with Crippen LogP contribution in [-0.2, 0) is 10.0 Å². The van der Waals surface area contributed by atoms with Crippen molar-refractivity contribution in [2.75, 3.05) is 6.54 Å². The summed E-state index contributed by atoms with van der Waals surface area (Å²) in [7, 11) is -3.57. The second-order valence-electron chi connectivity index (χ2n) is 5.37. The summed E-state index contributed by atoms with van der Waals surface area (Å²) < 4.78 is 27.5. The molecule has 0 atom stereocenters. The Morgan fingerprint density at radius 3 is 2.67 bits per heavy atom. The lowest BCUT2D eigenvalue weighted by molar-refractivity contribution is 0.251. The highest BCUT2D eigenvalue weighted by molar-refractivity contribution is 7.89. The molecule has 1 aromatic heterocycles. The average Bonchev–Trinajstić information content (AvgIpc) is 2.42. The minimum atomic E-state index is -3.57. The van der Waals surface area contributed by atoms with Gasteiger partial charge in [-0.3, -0.25) is 4.98 Å². The number of nitrogens with one attached hydrogen (secondary N) is 1. The predicted octanol–water partition coefficient (Wildman–Crippen LogP) is 1.82. The number of pyridine rings is 1. The van der Waals surface area contributed by atoms with Crippen LogP contribution in [0.3, 0.4) is 0 Å². The highest BCUT2D eigenvalue weighted by Crippen LogP contribution is 2.29. The van der Waals surface area contributed by atoms with Crippen LogP contribution in [0.4, 0.5) is 0 Å². The van der Waals surface area contributed by atoms with Crippen LogP contribution in [0.5, 0.6) is 0 Å². The molecule has 7 heteroatoms. The second-order valence-corrected chi connectivity index (χ2v) is 7.10. The first kappa shape index (κ1) is 16.2.